The van der Waals surface area contributed by atoms with Crippen molar-refractivity contribution < 1.29 is 15.0 Å². The molecular weight excluding hydrogens is 418 g/mol. The zero-order chi connectivity index (χ0) is 22.4. The van der Waals surface area contributed by atoms with Gasteiger partial charge in [-0.1, -0.05) is 18.2 Å². The third kappa shape index (κ3) is 2.35. The second-order valence-electron chi connectivity index (χ2n) is 8.68. The maximum atomic E-state index is 11.9. The summed E-state index contributed by atoms with van der Waals surface area (Å²) in [5.74, 6) is -1.04. The van der Waals surface area contributed by atoms with Crippen LogP contribution in [0, 0.1) is 0 Å². The number of carbonyl (C=O) groups is 1. The molecule has 0 aliphatic heterocycles. The Bertz CT molecular complexity index is 1680. The first-order valence-corrected chi connectivity index (χ1v) is 10.7. The highest BCUT2D eigenvalue weighted by Gasteiger charge is 2.48. The predicted molar refractivity (Wildman–Crippen MR) is 121 cm³/mol. The van der Waals surface area contributed by atoms with E-state index >= 15 is 0 Å². The molecule has 2 aromatic heterocycles. The van der Waals surface area contributed by atoms with E-state index in [1.807, 2.05) is 18.2 Å². The smallest absolute Gasteiger partial charge is 0.250 e. The number of para-hydroxylation sites is 2. The van der Waals surface area contributed by atoms with Crippen LogP contribution in [0.25, 0.3) is 33.1 Å². The number of hydrogen-bond acceptors (Lipinski definition) is 7. The number of carbonyl (C=O) groups excluding carboxylic acids is 1. The zero-order valence-corrected chi connectivity index (χ0v) is 17.2. The normalized spacial score (nSPS) is 20.8. The molecule has 0 radical (unpaired) electrons. The summed E-state index contributed by atoms with van der Waals surface area (Å²) in [5.41, 5.74) is 12.7. The second kappa shape index (κ2) is 6.20. The van der Waals surface area contributed by atoms with E-state index in [1.54, 1.807) is 30.3 Å². The fraction of sp³-hybridized carbons (Fsp3) is 0.160. The number of primary amides is 1. The van der Waals surface area contributed by atoms with Crippen molar-refractivity contribution >= 4 is 39.0 Å². The van der Waals surface area contributed by atoms with Crippen LogP contribution < -0.4 is 5.73 Å². The summed E-state index contributed by atoms with van der Waals surface area (Å²) in [5, 5.41) is 21.6. The lowest BCUT2D eigenvalue weighted by molar-refractivity contribution is 0.100. The van der Waals surface area contributed by atoms with Gasteiger partial charge in [0.15, 0.2) is 0 Å². The number of benzene rings is 3. The summed E-state index contributed by atoms with van der Waals surface area (Å²) in [6.07, 6.45) is -0.163. The maximum absolute atomic E-state index is 11.9. The molecule has 5 aromatic rings. The molecule has 160 valence electrons. The molecule has 2 bridgehead atoms. The standard InChI is InChI=1S/C25H17N5O3/c26-25(33)11-3-1-4-13-20(11)28-15-8-7-10-18(22(15)29-13)12-9-16-23(19(10)24(12)32)30-21-14(27-16)5-2-6-17(21)31/h1-8,12,19,24,31-32H,9H2,(H2,26,33). The first kappa shape index (κ1) is 18.4. The zero-order valence-electron chi connectivity index (χ0n) is 17.2. The van der Waals surface area contributed by atoms with Gasteiger partial charge in [0, 0.05) is 12.3 Å². The number of aromatic hydroxyl groups is 1. The largest absolute Gasteiger partial charge is 0.506 e. The van der Waals surface area contributed by atoms with Gasteiger partial charge < -0.3 is 15.9 Å². The fourth-order valence-electron chi connectivity index (χ4n) is 5.50. The Morgan fingerprint density at radius 2 is 1.61 bits per heavy atom. The molecule has 2 heterocycles. The van der Waals surface area contributed by atoms with Crippen LogP contribution in [0.3, 0.4) is 0 Å². The maximum Gasteiger partial charge on any atom is 0.250 e. The van der Waals surface area contributed by atoms with Crippen molar-refractivity contribution in [3.05, 3.63) is 76.6 Å². The Morgan fingerprint density at radius 1 is 0.879 bits per heavy atom. The molecule has 0 spiro atoms. The minimum absolute atomic E-state index is 0.0683. The molecule has 0 saturated carbocycles. The third-order valence-corrected chi connectivity index (χ3v) is 6.92. The molecule has 0 fully saturated rings. The molecule has 7 rings (SSSR count). The number of aliphatic hydroxyl groups excluding tert-OH is 1. The molecule has 3 unspecified atom stereocenters. The van der Waals surface area contributed by atoms with Gasteiger partial charge in [-0.25, -0.2) is 19.9 Å². The van der Waals surface area contributed by atoms with Crippen LogP contribution in [0.5, 0.6) is 5.75 Å². The lowest BCUT2D eigenvalue weighted by Crippen LogP contribution is -2.28. The first-order valence-electron chi connectivity index (χ1n) is 10.7. The minimum Gasteiger partial charge on any atom is -0.506 e. The fourth-order valence-corrected chi connectivity index (χ4v) is 5.50. The van der Waals surface area contributed by atoms with Crippen LogP contribution in [-0.4, -0.2) is 42.2 Å². The van der Waals surface area contributed by atoms with E-state index in [1.165, 1.54) is 0 Å². The van der Waals surface area contributed by atoms with Crippen LogP contribution in [0.4, 0.5) is 0 Å². The topological polar surface area (TPSA) is 135 Å². The highest BCUT2D eigenvalue weighted by Crippen LogP contribution is 2.53. The average molecular weight is 435 g/mol. The average Bonchev–Trinajstić information content (AvgIpc) is 2.99. The highest BCUT2D eigenvalue weighted by molar-refractivity contribution is 6.05. The SMILES string of the molecule is NC(=O)c1cccc2nc3c4c(ccc3nc12)C1c2nc3c(O)cccc3nc2CC4C1O. The van der Waals surface area contributed by atoms with Gasteiger partial charge in [0.05, 0.1) is 51.0 Å². The number of hydrogen-bond donors (Lipinski definition) is 3. The summed E-state index contributed by atoms with van der Waals surface area (Å²) in [7, 11) is 0. The predicted octanol–water partition coefficient (Wildman–Crippen LogP) is 2.68. The van der Waals surface area contributed by atoms with E-state index in [0.717, 1.165) is 16.8 Å². The van der Waals surface area contributed by atoms with Crippen molar-refractivity contribution in [1.29, 1.82) is 0 Å². The van der Waals surface area contributed by atoms with E-state index in [4.69, 9.17) is 25.7 Å². The summed E-state index contributed by atoms with van der Waals surface area (Å²) in [6.45, 7) is 0. The van der Waals surface area contributed by atoms with E-state index in [-0.39, 0.29) is 17.6 Å². The quantitative estimate of drug-likeness (QED) is 0.345. The molecule has 3 aromatic carbocycles. The summed E-state index contributed by atoms with van der Waals surface area (Å²) < 4.78 is 0. The molecule has 4 N–H and O–H groups in total. The molecule has 1 amide bonds. The number of fused-ring (bicyclic) bond motifs is 11. The van der Waals surface area contributed by atoms with Gasteiger partial charge in [-0.05, 0) is 41.5 Å². The van der Waals surface area contributed by atoms with Crippen LogP contribution in [0.2, 0.25) is 0 Å². The Balaban J connectivity index is 1.50. The van der Waals surface area contributed by atoms with Crippen molar-refractivity contribution in [1.82, 2.24) is 19.9 Å². The molecular formula is C25H17N5O3. The van der Waals surface area contributed by atoms with Gasteiger partial charge in [0.2, 0.25) is 0 Å². The first-order chi connectivity index (χ1) is 16.0. The number of nitrogens with two attached hydrogens (primary N) is 1. The van der Waals surface area contributed by atoms with Gasteiger partial charge in [0.25, 0.3) is 5.91 Å². The lowest BCUT2D eigenvalue weighted by Gasteiger charge is -2.27. The molecule has 3 atom stereocenters. The van der Waals surface area contributed by atoms with Crippen LogP contribution in [0.1, 0.15) is 44.7 Å². The summed E-state index contributed by atoms with van der Waals surface area (Å²) in [6, 6.07) is 14.1. The Hall–Kier alpha value is -4.17. The molecule has 0 saturated heterocycles. The van der Waals surface area contributed by atoms with Gasteiger partial charge in [-0.2, -0.15) is 0 Å². The summed E-state index contributed by atoms with van der Waals surface area (Å²) in [4.78, 5) is 31.0. The van der Waals surface area contributed by atoms with Crippen molar-refractivity contribution in [2.75, 3.05) is 0 Å². The number of phenols is 1. The third-order valence-electron chi connectivity index (χ3n) is 6.92. The Labute approximate surface area is 186 Å². The van der Waals surface area contributed by atoms with E-state index in [2.05, 4.69) is 0 Å². The highest BCUT2D eigenvalue weighted by atomic mass is 16.3. The van der Waals surface area contributed by atoms with Crippen LogP contribution in [-0.2, 0) is 6.42 Å². The molecule has 2 aliphatic carbocycles. The van der Waals surface area contributed by atoms with Crippen molar-refractivity contribution in [2.45, 2.75) is 24.4 Å². The minimum atomic E-state index is -0.676. The lowest BCUT2D eigenvalue weighted by atomic mass is 9.84. The van der Waals surface area contributed by atoms with E-state index < -0.39 is 12.0 Å². The van der Waals surface area contributed by atoms with Crippen molar-refractivity contribution in [3.63, 3.8) is 0 Å². The molecule has 2 aliphatic rings. The van der Waals surface area contributed by atoms with Gasteiger partial charge in [-0.3, -0.25) is 4.79 Å². The molecule has 33 heavy (non-hydrogen) atoms. The van der Waals surface area contributed by atoms with Crippen molar-refractivity contribution in [3.8, 4) is 5.75 Å². The second-order valence-corrected chi connectivity index (χ2v) is 8.68. The molecule has 8 nitrogen and oxygen atoms in total. The number of phenolic OH excluding ortho intramolecular Hbond substituents is 1. The summed E-state index contributed by atoms with van der Waals surface area (Å²) >= 11 is 0. The van der Waals surface area contributed by atoms with Crippen LogP contribution >= 0.6 is 0 Å². The van der Waals surface area contributed by atoms with E-state index in [0.29, 0.717) is 50.8 Å². The number of aromatic nitrogens is 4. The van der Waals surface area contributed by atoms with Gasteiger partial charge >= 0.3 is 0 Å². The monoisotopic (exact) mass is 435 g/mol. The van der Waals surface area contributed by atoms with Crippen LogP contribution in [0.15, 0.2) is 48.5 Å². The number of rotatable bonds is 1. The Morgan fingerprint density at radius 3 is 2.42 bits per heavy atom. The van der Waals surface area contributed by atoms with E-state index in [9.17, 15) is 15.0 Å². The van der Waals surface area contributed by atoms with Crippen molar-refractivity contribution in [2.24, 2.45) is 5.73 Å². The number of aliphatic hydroxyl groups is 1. The number of nitrogens with zero attached hydrogens (tertiary/aromatic N) is 4. The van der Waals surface area contributed by atoms with Gasteiger partial charge in [0.1, 0.15) is 16.8 Å². The Kier molecular flexibility index (Phi) is 3.46. The molecule has 8 heteroatoms. The van der Waals surface area contributed by atoms with Gasteiger partial charge in [-0.15, -0.1) is 0 Å². The number of amides is 1.